The molecule has 11 heteroatoms. The number of sulfonamides is 1. The summed E-state index contributed by atoms with van der Waals surface area (Å²) in [5.41, 5.74) is -1.36. The standard InChI is InChI=1S/C18H23BrF3N3O3S/c1-10(2)25(11(3)15-23-24-16(28-15)17(4,5)6)29(26,27)14-8-7-12(9-13(14)19)18(20,21)22/h7-11H,1-6H3. The molecule has 1 aromatic heterocycles. The first kappa shape index (κ1) is 23.8. The molecule has 1 aromatic carbocycles. The lowest BCUT2D eigenvalue weighted by molar-refractivity contribution is -0.137. The number of nitrogens with zero attached hydrogens (tertiary/aromatic N) is 3. The van der Waals surface area contributed by atoms with Crippen LogP contribution in [0.1, 0.15) is 64.9 Å². The van der Waals surface area contributed by atoms with Crippen LogP contribution in [0.25, 0.3) is 0 Å². The van der Waals surface area contributed by atoms with Crippen LogP contribution in [0.15, 0.2) is 32.0 Å². The smallest absolute Gasteiger partial charge is 0.416 e. The highest BCUT2D eigenvalue weighted by atomic mass is 79.9. The van der Waals surface area contributed by atoms with E-state index in [9.17, 15) is 21.6 Å². The maximum atomic E-state index is 13.3. The van der Waals surface area contributed by atoms with Crippen molar-refractivity contribution in [1.29, 1.82) is 0 Å². The average Bonchev–Trinajstić information content (AvgIpc) is 3.03. The van der Waals surface area contributed by atoms with Gasteiger partial charge in [0.2, 0.25) is 21.8 Å². The number of hydrogen-bond donors (Lipinski definition) is 0. The molecule has 1 atom stereocenters. The van der Waals surface area contributed by atoms with E-state index in [4.69, 9.17) is 4.42 Å². The Bertz CT molecular complexity index is 982. The Kier molecular flexibility index (Phi) is 6.56. The molecule has 0 radical (unpaired) electrons. The Balaban J connectivity index is 2.50. The first-order valence-corrected chi connectivity index (χ1v) is 11.0. The maximum Gasteiger partial charge on any atom is 0.416 e. The summed E-state index contributed by atoms with van der Waals surface area (Å²) in [4.78, 5) is -0.276. The molecule has 29 heavy (non-hydrogen) atoms. The fourth-order valence-electron chi connectivity index (χ4n) is 2.75. The van der Waals surface area contributed by atoms with Gasteiger partial charge in [0, 0.05) is 15.9 Å². The van der Waals surface area contributed by atoms with Gasteiger partial charge in [-0.3, -0.25) is 0 Å². The third-order valence-corrected chi connectivity index (χ3v) is 7.27. The number of hydrogen-bond acceptors (Lipinski definition) is 5. The number of halogens is 4. The van der Waals surface area contributed by atoms with Crippen LogP contribution < -0.4 is 0 Å². The highest BCUT2D eigenvalue weighted by molar-refractivity contribution is 9.10. The first-order chi connectivity index (χ1) is 13.1. The molecule has 1 unspecified atom stereocenters. The van der Waals surface area contributed by atoms with Gasteiger partial charge in [0.1, 0.15) is 6.04 Å². The van der Waals surface area contributed by atoms with Crippen molar-refractivity contribution in [2.45, 2.75) is 70.1 Å². The second kappa shape index (κ2) is 7.99. The summed E-state index contributed by atoms with van der Waals surface area (Å²) < 4.78 is 72.0. The second-order valence-corrected chi connectivity index (χ2v) is 10.6. The van der Waals surface area contributed by atoms with Crippen molar-refractivity contribution < 1.29 is 26.0 Å². The molecule has 0 saturated heterocycles. The van der Waals surface area contributed by atoms with Crippen LogP contribution in [0, 0.1) is 0 Å². The number of rotatable bonds is 5. The molecule has 0 spiro atoms. The van der Waals surface area contributed by atoms with Gasteiger partial charge >= 0.3 is 6.18 Å². The third-order valence-electron chi connectivity index (χ3n) is 4.14. The molecule has 0 N–H and O–H groups in total. The fourth-order valence-corrected chi connectivity index (χ4v) is 5.57. The zero-order chi connectivity index (χ0) is 22.4. The van der Waals surface area contributed by atoms with Gasteiger partial charge < -0.3 is 4.42 Å². The average molecular weight is 498 g/mol. The molecule has 1 heterocycles. The Hall–Kier alpha value is -1.46. The van der Waals surface area contributed by atoms with Crippen molar-refractivity contribution in [3.63, 3.8) is 0 Å². The van der Waals surface area contributed by atoms with E-state index in [1.807, 2.05) is 20.8 Å². The van der Waals surface area contributed by atoms with Crippen LogP contribution in [0.3, 0.4) is 0 Å². The lowest BCUT2D eigenvalue weighted by atomic mass is 9.97. The van der Waals surface area contributed by atoms with Crippen molar-refractivity contribution >= 4 is 26.0 Å². The largest absolute Gasteiger partial charge is 0.423 e. The topological polar surface area (TPSA) is 76.3 Å². The molecule has 162 valence electrons. The zero-order valence-corrected chi connectivity index (χ0v) is 19.3. The quantitative estimate of drug-likeness (QED) is 0.559. The van der Waals surface area contributed by atoms with E-state index in [1.54, 1.807) is 20.8 Å². The van der Waals surface area contributed by atoms with Gasteiger partial charge in [-0.05, 0) is 54.9 Å². The van der Waals surface area contributed by atoms with E-state index >= 15 is 0 Å². The molecule has 0 aliphatic rings. The monoisotopic (exact) mass is 497 g/mol. The van der Waals surface area contributed by atoms with E-state index in [0.717, 1.165) is 22.5 Å². The van der Waals surface area contributed by atoms with Crippen molar-refractivity contribution in [1.82, 2.24) is 14.5 Å². The lowest BCUT2D eigenvalue weighted by Gasteiger charge is -2.30. The minimum absolute atomic E-state index is 0.107. The molecular formula is C18H23BrF3N3O3S. The van der Waals surface area contributed by atoms with Gasteiger partial charge in [0.05, 0.1) is 10.5 Å². The summed E-state index contributed by atoms with van der Waals surface area (Å²) in [5, 5.41) is 7.97. The number of aromatic nitrogens is 2. The summed E-state index contributed by atoms with van der Waals surface area (Å²) in [6, 6.07) is 1.09. The molecule has 0 saturated carbocycles. The Morgan fingerprint density at radius 2 is 1.69 bits per heavy atom. The van der Waals surface area contributed by atoms with Gasteiger partial charge in [-0.15, -0.1) is 10.2 Å². The van der Waals surface area contributed by atoms with E-state index in [0.29, 0.717) is 5.89 Å². The first-order valence-electron chi connectivity index (χ1n) is 8.81. The highest BCUT2D eigenvalue weighted by Gasteiger charge is 2.38. The molecule has 0 bridgehead atoms. The molecule has 0 fully saturated rings. The molecule has 0 amide bonds. The molecule has 2 aromatic rings. The molecule has 2 rings (SSSR count). The SMILES string of the molecule is CC(C)N(C(C)c1nnc(C(C)(C)C)o1)S(=O)(=O)c1ccc(C(F)(F)F)cc1Br. The van der Waals surface area contributed by atoms with E-state index < -0.39 is 39.3 Å². The van der Waals surface area contributed by atoms with Gasteiger partial charge in [0.15, 0.2) is 0 Å². The Morgan fingerprint density at radius 3 is 2.10 bits per heavy atom. The van der Waals surface area contributed by atoms with Crippen molar-refractivity contribution in [3.8, 4) is 0 Å². The van der Waals surface area contributed by atoms with Gasteiger partial charge in [-0.1, -0.05) is 20.8 Å². The highest BCUT2D eigenvalue weighted by Crippen LogP contribution is 2.37. The van der Waals surface area contributed by atoms with Crippen molar-refractivity contribution in [3.05, 3.63) is 40.0 Å². The number of benzene rings is 1. The number of alkyl halides is 3. The Labute approximate surface area is 176 Å². The van der Waals surface area contributed by atoms with Gasteiger partial charge in [-0.2, -0.15) is 17.5 Å². The van der Waals surface area contributed by atoms with E-state index in [1.165, 1.54) is 0 Å². The molecule has 0 aliphatic carbocycles. The zero-order valence-electron chi connectivity index (χ0n) is 16.9. The van der Waals surface area contributed by atoms with Gasteiger partial charge in [0.25, 0.3) is 0 Å². The minimum Gasteiger partial charge on any atom is -0.423 e. The fraction of sp³-hybridized carbons (Fsp3) is 0.556. The maximum absolute atomic E-state index is 13.3. The predicted octanol–water partition coefficient (Wildman–Crippen LogP) is 5.31. The molecule has 0 aliphatic heterocycles. The van der Waals surface area contributed by atoms with Gasteiger partial charge in [-0.25, -0.2) is 8.42 Å². The van der Waals surface area contributed by atoms with Crippen LogP contribution in [-0.4, -0.2) is 29.0 Å². The van der Waals surface area contributed by atoms with Crippen molar-refractivity contribution in [2.24, 2.45) is 0 Å². The third kappa shape index (κ3) is 5.00. The van der Waals surface area contributed by atoms with E-state index in [-0.39, 0.29) is 15.3 Å². The Morgan fingerprint density at radius 1 is 1.10 bits per heavy atom. The summed E-state index contributed by atoms with van der Waals surface area (Å²) in [5.74, 6) is 0.464. The van der Waals surface area contributed by atoms with Crippen LogP contribution in [0.2, 0.25) is 0 Å². The lowest BCUT2D eigenvalue weighted by Crippen LogP contribution is -2.39. The predicted molar refractivity (Wildman–Crippen MR) is 105 cm³/mol. The van der Waals surface area contributed by atoms with E-state index in [2.05, 4.69) is 26.1 Å². The van der Waals surface area contributed by atoms with Crippen molar-refractivity contribution in [2.75, 3.05) is 0 Å². The normalized spacial score (nSPS) is 14.6. The van der Waals surface area contributed by atoms with Crippen LogP contribution in [0.4, 0.5) is 13.2 Å². The summed E-state index contributed by atoms with van der Waals surface area (Å²) >= 11 is 2.97. The molecular weight excluding hydrogens is 475 g/mol. The molecule has 6 nitrogen and oxygen atoms in total. The summed E-state index contributed by atoms with van der Waals surface area (Å²) in [7, 11) is -4.18. The van der Waals surface area contributed by atoms with Crippen LogP contribution >= 0.6 is 15.9 Å². The summed E-state index contributed by atoms with van der Waals surface area (Å²) in [6.45, 7) is 10.6. The summed E-state index contributed by atoms with van der Waals surface area (Å²) in [6.07, 6.45) is -4.58. The van der Waals surface area contributed by atoms with Crippen LogP contribution in [0.5, 0.6) is 0 Å². The second-order valence-electron chi connectivity index (χ2n) is 7.94. The van der Waals surface area contributed by atoms with Crippen LogP contribution in [-0.2, 0) is 21.6 Å². The minimum atomic E-state index is -4.58.